The molecule has 0 spiro atoms. The normalized spacial score (nSPS) is 17.6. The van der Waals surface area contributed by atoms with Crippen molar-refractivity contribution in [3.63, 3.8) is 0 Å². The van der Waals surface area contributed by atoms with Crippen molar-refractivity contribution in [3.8, 4) is 0 Å². The molecule has 2 heterocycles. The van der Waals surface area contributed by atoms with Gasteiger partial charge in [0.15, 0.2) is 0 Å². The standard InChI is InChI=1S/C11H11Cl2F3N2OS/c12-8-5-7(9(13)20-8)10(19)18-3-1-17(2-4-18)6-11(14,15)16/h5H,1-4,6H2. The molecule has 1 saturated heterocycles. The van der Waals surface area contributed by atoms with Crippen LogP contribution < -0.4 is 0 Å². The highest BCUT2D eigenvalue weighted by atomic mass is 35.5. The van der Waals surface area contributed by atoms with Crippen LogP contribution in [0.15, 0.2) is 6.07 Å². The number of thiophene rings is 1. The van der Waals surface area contributed by atoms with Gasteiger partial charge in [0.2, 0.25) is 0 Å². The fourth-order valence-corrected chi connectivity index (χ4v) is 3.47. The zero-order valence-electron chi connectivity index (χ0n) is 10.2. The number of rotatable bonds is 2. The van der Waals surface area contributed by atoms with E-state index in [4.69, 9.17) is 23.2 Å². The third-order valence-electron chi connectivity index (χ3n) is 2.95. The molecule has 1 aliphatic rings. The fraction of sp³-hybridized carbons (Fsp3) is 0.545. The van der Waals surface area contributed by atoms with Gasteiger partial charge in [0.1, 0.15) is 4.34 Å². The summed E-state index contributed by atoms with van der Waals surface area (Å²) in [6, 6.07) is 1.49. The Balaban J connectivity index is 1.94. The van der Waals surface area contributed by atoms with Crippen molar-refractivity contribution < 1.29 is 18.0 Å². The summed E-state index contributed by atoms with van der Waals surface area (Å²) < 4.78 is 37.5. The number of carbonyl (C=O) groups is 1. The van der Waals surface area contributed by atoms with Gasteiger partial charge in [0, 0.05) is 26.2 Å². The molecule has 1 fully saturated rings. The number of hydrogen-bond donors (Lipinski definition) is 0. The Morgan fingerprint density at radius 1 is 1.25 bits per heavy atom. The van der Waals surface area contributed by atoms with Crippen LogP contribution in [0.1, 0.15) is 10.4 Å². The predicted molar refractivity (Wildman–Crippen MR) is 72.7 cm³/mol. The summed E-state index contributed by atoms with van der Waals surface area (Å²) in [7, 11) is 0. The summed E-state index contributed by atoms with van der Waals surface area (Å²) in [5, 5.41) is 0. The van der Waals surface area contributed by atoms with Gasteiger partial charge < -0.3 is 4.90 Å². The molecule has 0 aliphatic carbocycles. The van der Waals surface area contributed by atoms with Crippen molar-refractivity contribution >= 4 is 40.4 Å². The first-order valence-electron chi connectivity index (χ1n) is 5.79. The Kier molecular flexibility index (Phi) is 4.84. The highest BCUT2D eigenvalue weighted by Crippen LogP contribution is 2.32. The Morgan fingerprint density at radius 2 is 1.85 bits per heavy atom. The second kappa shape index (κ2) is 6.09. The quantitative estimate of drug-likeness (QED) is 0.819. The molecule has 20 heavy (non-hydrogen) atoms. The van der Waals surface area contributed by atoms with Gasteiger partial charge in [0.25, 0.3) is 5.91 Å². The van der Waals surface area contributed by atoms with Gasteiger partial charge in [-0.3, -0.25) is 9.69 Å². The van der Waals surface area contributed by atoms with Crippen LogP contribution in [-0.4, -0.2) is 54.6 Å². The molecule has 2 rings (SSSR count). The molecule has 0 N–H and O–H groups in total. The average molecular weight is 347 g/mol. The second-order valence-corrected chi connectivity index (χ2v) is 6.71. The number of nitrogens with zero attached hydrogens (tertiary/aromatic N) is 2. The van der Waals surface area contributed by atoms with Gasteiger partial charge in [-0.15, -0.1) is 11.3 Å². The first-order valence-corrected chi connectivity index (χ1v) is 7.37. The van der Waals surface area contributed by atoms with Crippen molar-refractivity contribution in [1.29, 1.82) is 0 Å². The lowest BCUT2D eigenvalue weighted by Crippen LogP contribution is -2.50. The largest absolute Gasteiger partial charge is 0.401 e. The van der Waals surface area contributed by atoms with Crippen LogP contribution in [0.4, 0.5) is 13.2 Å². The molecule has 1 aromatic rings. The molecule has 9 heteroatoms. The average Bonchev–Trinajstić information content (AvgIpc) is 2.66. The second-order valence-electron chi connectivity index (χ2n) is 4.42. The SMILES string of the molecule is O=C(c1cc(Cl)sc1Cl)N1CCN(CC(F)(F)F)CC1. The van der Waals surface area contributed by atoms with E-state index in [9.17, 15) is 18.0 Å². The molecule has 1 amide bonds. The molecular weight excluding hydrogens is 336 g/mol. The van der Waals surface area contributed by atoms with Gasteiger partial charge in [-0.25, -0.2) is 0 Å². The Hall–Kier alpha value is -0.500. The molecule has 3 nitrogen and oxygen atoms in total. The van der Waals surface area contributed by atoms with E-state index in [1.54, 1.807) is 0 Å². The van der Waals surface area contributed by atoms with Gasteiger partial charge >= 0.3 is 6.18 Å². The highest BCUT2D eigenvalue weighted by Gasteiger charge is 2.33. The molecule has 1 aromatic heterocycles. The number of carbonyl (C=O) groups excluding carboxylic acids is 1. The zero-order valence-corrected chi connectivity index (χ0v) is 12.5. The Bertz CT molecular complexity index is 498. The molecule has 0 unspecified atom stereocenters. The van der Waals surface area contributed by atoms with Crippen LogP contribution in [0, 0.1) is 0 Å². The number of hydrogen-bond acceptors (Lipinski definition) is 3. The van der Waals surface area contributed by atoms with E-state index in [0.717, 1.165) is 11.3 Å². The summed E-state index contributed by atoms with van der Waals surface area (Å²) in [6.07, 6.45) is -4.21. The molecule has 1 aliphatic heterocycles. The maximum absolute atomic E-state index is 12.3. The maximum atomic E-state index is 12.3. The monoisotopic (exact) mass is 346 g/mol. The van der Waals surface area contributed by atoms with Crippen molar-refractivity contribution in [2.45, 2.75) is 6.18 Å². The molecular formula is C11H11Cl2F3N2OS. The van der Waals surface area contributed by atoms with Crippen molar-refractivity contribution in [1.82, 2.24) is 9.80 Å². The summed E-state index contributed by atoms with van der Waals surface area (Å²) in [5.41, 5.74) is 0.311. The smallest absolute Gasteiger partial charge is 0.336 e. The van der Waals surface area contributed by atoms with Crippen LogP contribution in [0.5, 0.6) is 0 Å². The molecule has 0 atom stereocenters. The van der Waals surface area contributed by atoms with Crippen LogP contribution in [-0.2, 0) is 0 Å². The summed E-state index contributed by atoms with van der Waals surface area (Å²) in [6.45, 7) is -0.0566. The van der Waals surface area contributed by atoms with E-state index < -0.39 is 12.7 Å². The van der Waals surface area contributed by atoms with Crippen LogP contribution in [0.2, 0.25) is 8.67 Å². The lowest BCUT2D eigenvalue weighted by Gasteiger charge is -2.34. The minimum atomic E-state index is -4.21. The van der Waals surface area contributed by atoms with Gasteiger partial charge in [-0.05, 0) is 6.07 Å². The maximum Gasteiger partial charge on any atom is 0.401 e. The van der Waals surface area contributed by atoms with E-state index in [0.29, 0.717) is 14.2 Å². The third-order valence-corrected chi connectivity index (χ3v) is 4.44. The van der Waals surface area contributed by atoms with Gasteiger partial charge in [0.05, 0.1) is 16.4 Å². The van der Waals surface area contributed by atoms with Gasteiger partial charge in [-0.2, -0.15) is 13.2 Å². The molecule has 0 bridgehead atoms. The first-order chi connectivity index (χ1) is 9.26. The lowest BCUT2D eigenvalue weighted by atomic mass is 10.2. The molecule has 0 radical (unpaired) electrons. The lowest BCUT2D eigenvalue weighted by molar-refractivity contribution is -0.148. The highest BCUT2D eigenvalue weighted by molar-refractivity contribution is 7.20. The van der Waals surface area contributed by atoms with Gasteiger partial charge in [-0.1, -0.05) is 23.2 Å². The van der Waals surface area contributed by atoms with Crippen molar-refractivity contribution in [2.75, 3.05) is 32.7 Å². The third kappa shape index (κ3) is 4.00. The Labute approximate surface area is 127 Å². The Morgan fingerprint density at radius 3 is 2.30 bits per heavy atom. The number of alkyl halides is 3. The fourth-order valence-electron chi connectivity index (χ4n) is 2.02. The van der Waals surface area contributed by atoms with Crippen LogP contribution in [0.25, 0.3) is 0 Å². The summed E-state index contributed by atoms with van der Waals surface area (Å²) in [5.74, 6) is -0.287. The zero-order chi connectivity index (χ0) is 14.9. The van der Waals surface area contributed by atoms with Crippen LogP contribution >= 0.6 is 34.5 Å². The molecule has 0 aromatic carbocycles. The van der Waals surface area contributed by atoms with Crippen molar-refractivity contribution in [2.24, 2.45) is 0 Å². The summed E-state index contributed by atoms with van der Waals surface area (Å²) >= 11 is 12.8. The first kappa shape index (κ1) is 15.9. The minimum absolute atomic E-state index is 0.195. The van der Waals surface area contributed by atoms with E-state index in [2.05, 4.69) is 0 Å². The van der Waals surface area contributed by atoms with E-state index >= 15 is 0 Å². The van der Waals surface area contributed by atoms with Crippen LogP contribution in [0.3, 0.4) is 0 Å². The predicted octanol–water partition coefficient (Wildman–Crippen LogP) is 3.38. The number of amides is 1. The summed E-state index contributed by atoms with van der Waals surface area (Å²) in [4.78, 5) is 15.0. The molecule has 0 saturated carbocycles. The number of halogens is 5. The van der Waals surface area contributed by atoms with Crippen molar-refractivity contribution in [3.05, 3.63) is 20.3 Å². The topological polar surface area (TPSA) is 23.6 Å². The number of piperazine rings is 1. The van der Waals surface area contributed by atoms with E-state index in [-0.39, 0.29) is 32.1 Å². The molecule has 112 valence electrons. The van der Waals surface area contributed by atoms with E-state index in [1.807, 2.05) is 0 Å². The minimum Gasteiger partial charge on any atom is -0.336 e. The van der Waals surface area contributed by atoms with E-state index in [1.165, 1.54) is 15.9 Å².